The zero-order valence-corrected chi connectivity index (χ0v) is 31.2. The quantitative estimate of drug-likeness (QED) is 0.0411. The first-order valence-electron chi connectivity index (χ1n) is 18.1. The van der Waals surface area contributed by atoms with E-state index >= 15 is 0 Å². The molecule has 12 atom stereocenters. The molecule has 274 valence electrons. The third-order valence-corrected chi connectivity index (χ3v) is 10.7. The fraction of sp³-hybridized carbons (Fsp3) is 0.861. The molecule has 0 aliphatic heterocycles. The molecule has 0 aromatic carbocycles. The Hall–Kier alpha value is -0.430. The monoisotopic (exact) mass is 698 g/mol. The molecular formula is C36H72O8P2. The van der Waals surface area contributed by atoms with Crippen molar-refractivity contribution in [2.45, 2.75) is 173 Å². The third kappa shape index (κ3) is 17.3. The fourth-order valence-corrected chi connectivity index (χ4v) is 7.75. The lowest BCUT2D eigenvalue weighted by Crippen LogP contribution is -2.23. The summed E-state index contributed by atoms with van der Waals surface area (Å²) in [4.78, 5) is 10.5. The van der Waals surface area contributed by atoms with Gasteiger partial charge in [0, 0.05) is 28.2 Å². The Kier molecular flexibility index (Phi) is 25.1. The number of rotatable bonds is 23. The van der Waals surface area contributed by atoms with Crippen LogP contribution >= 0.6 is 18.9 Å². The maximum atomic E-state index is 10.5. The van der Waals surface area contributed by atoms with Gasteiger partial charge in [0.25, 0.3) is 0 Å². The van der Waals surface area contributed by atoms with Crippen LogP contribution in [0, 0.1) is 23.7 Å². The number of carboxylic acid groups (broad SMARTS) is 1. The number of hydrogen-bond donors (Lipinski definition) is 5. The number of carboxylic acids is 1. The lowest BCUT2D eigenvalue weighted by atomic mass is 9.86. The smallest absolute Gasteiger partial charge is 0.303 e. The largest absolute Gasteiger partial charge is 0.481 e. The molecule has 0 spiro atoms. The van der Waals surface area contributed by atoms with Crippen LogP contribution in [0.4, 0.5) is 0 Å². The van der Waals surface area contributed by atoms with Gasteiger partial charge in [-0.3, -0.25) is 4.79 Å². The molecule has 2 saturated carbocycles. The molecule has 2 aliphatic carbocycles. The zero-order valence-electron chi connectivity index (χ0n) is 28.9. The summed E-state index contributed by atoms with van der Waals surface area (Å²) in [6.07, 6.45) is 22.8. The number of carbonyl (C=O) groups is 1. The van der Waals surface area contributed by atoms with Gasteiger partial charge in [0.2, 0.25) is 0 Å². The van der Waals surface area contributed by atoms with E-state index in [0.29, 0.717) is 19.3 Å². The van der Waals surface area contributed by atoms with Crippen LogP contribution in [0.5, 0.6) is 0 Å². The van der Waals surface area contributed by atoms with Crippen molar-refractivity contribution < 1.29 is 42.2 Å². The Labute approximate surface area is 287 Å². The maximum Gasteiger partial charge on any atom is 0.303 e. The second kappa shape index (κ2) is 26.4. The molecule has 0 radical (unpaired) electrons. The highest BCUT2D eigenvalue weighted by atomic mass is 31.0. The van der Waals surface area contributed by atoms with Crippen LogP contribution in [0.25, 0.3) is 0 Å². The van der Waals surface area contributed by atoms with E-state index in [1.54, 1.807) is 0 Å². The van der Waals surface area contributed by atoms with Gasteiger partial charge < -0.3 is 34.6 Å². The number of aliphatic carboxylic acids is 1. The van der Waals surface area contributed by atoms with E-state index in [1.807, 2.05) is 12.2 Å². The minimum Gasteiger partial charge on any atom is -0.481 e. The number of allylic oxidation sites excluding steroid dienone is 4. The van der Waals surface area contributed by atoms with E-state index in [-0.39, 0.29) is 57.4 Å². The average molecular weight is 699 g/mol. The van der Waals surface area contributed by atoms with E-state index in [9.17, 15) is 25.2 Å². The predicted octanol–water partition coefficient (Wildman–Crippen LogP) is 8.03. The zero-order chi connectivity index (χ0) is 34.3. The molecule has 8 nitrogen and oxygen atoms in total. The van der Waals surface area contributed by atoms with Crippen LogP contribution in [-0.4, -0.2) is 68.1 Å². The second-order valence-corrected chi connectivity index (χ2v) is 14.0. The fourth-order valence-electron chi connectivity index (χ4n) is 7.21. The van der Waals surface area contributed by atoms with E-state index in [4.69, 9.17) is 14.2 Å². The lowest BCUT2D eigenvalue weighted by Gasteiger charge is -2.24. The molecule has 2 fully saturated rings. The maximum absolute atomic E-state index is 10.5. The minimum absolute atomic E-state index is 0. The Morgan fingerprint density at radius 2 is 1.09 bits per heavy atom. The SMILES string of the molecule is CCCC/C=C\C[C@@H]1[C@@H](CC[C@H](CCC)OP)[C@H](O)C[C@@H]1O.CCC[C@@H](CC[C@@H]1[C@@H](C/C=C\CCCC(=O)O)[C@@H](O)C[C@H]1O)OP.[3HH].[3HH]. The predicted molar refractivity (Wildman–Crippen MR) is 197 cm³/mol. The summed E-state index contributed by atoms with van der Waals surface area (Å²) in [7, 11) is 4.70. The molecule has 5 N–H and O–H groups in total. The Morgan fingerprint density at radius 1 is 0.674 bits per heavy atom. The minimum atomic E-state index is -0.768. The van der Waals surface area contributed by atoms with Crippen molar-refractivity contribution in [1.29, 1.82) is 0 Å². The van der Waals surface area contributed by atoms with E-state index in [2.05, 4.69) is 51.9 Å². The molecule has 46 heavy (non-hydrogen) atoms. The molecule has 10 heteroatoms. The summed E-state index contributed by atoms with van der Waals surface area (Å²) in [6.45, 7) is 6.49. The number of aliphatic hydroxyl groups is 4. The highest BCUT2D eigenvalue weighted by Crippen LogP contribution is 2.40. The molecule has 0 aromatic heterocycles. The van der Waals surface area contributed by atoms with Gasteiger partial charge in [0.15, 0.2) is 0 Å². The van der Waals surface area contributed by atoms with Crippen molar-refractivity contribution in [3.8, 4) is 0 Å². The van der Waals surface area contributed by atoms with Gasteiger partial charge in [-0.25, -0.2) is 0 Å². The summed E-state index contributed by atoms with van der Waals surface area (Å²) >= 11 is 0. The van der Waals surface area contributed by atoms with Gasteiger partial charge in [-0.05, 0) is 107 Å². The summed E-state index contributed by atoms with van der Waals surface area (Å²) < 4.78 is 10.8. The van der Waals surface area contributed by atoms with Gasteiger partial charge in [0.1, 0.15) is 0 Å². The second-order valence-electron chi connectivity index (χ2n) is 13.5. The third-order valence-electron chi connectivity index (χ3n) is 9.93. The normalized spacial score (nSPS) is 29.3. The van der Waals surface area contributed by atoms with Crippen LogP contribution in [-0.2, 0) is 13.8 Å². The highest BCUT2D eigenvalue weighted by molar-refractivity contribution is 7.10. The van der Waals surface area contributed by atoms with Crippen molar-refractivity contribution >= 4 is 24.9 Å². The van der Waals surface area contributed by atoms with Gasteiger partial charge in [0.05, 0.1) is 36.6 Å². The molecule has 0 amide bonds. The van der Waals surface area contributed by atoms with E-state index in [0.717, 1.165) is 77.0 Å². The van der Waals surface area contributed by atoms with Crippen molar-refractivity contribution in [2.75, 3.05) is 0 Å². The molecule has 0 saturated heterocycles. The molecule has 2 aliphatic rings. The summed E-state index contributed by atoms with van der Waals surface area (Å²) in [5.74, 6) is -0.202. The van der Waals surface area contributed by atoms with Crippen LogP contribution in [0.3, 0.4) is 0 Å². The topological polar surface area (TPSA) is 137 Å². The molecule has 2 rings (SSSR count). The Bertz CT molecular complexity index is 840. The van der Waals surface area contributed by atoms with Crippen molar-refractivity contribution in [3.63, 3.8) is 0 Å². The average Bonchev–Trinajstić information content (AvgIpc) is 3.45. The van der Waals surface area contributed by atoms with Crippen molar-refractivity contribution in [3.05, 3.63) is 24.3 Å². The van der Waals surface area contributed by atoms with Crippen LogP contribution in [0.2, 0.25) is 0 Å². The summed E-state index contributed by atoms with van der Waals surface area (Å²) in [5, 5.41) is 49.6. The molecular weight excluding hydrogens is 622 g/mol. The highest BCUT2D eigenvalue weighted by Gasteiger charge is 2.41. The van der Waals surface area contributed by atoms with Crippen LogP contribution < -0.4 is 0 Å². The molecule has 2 unspecified atom stereocenters. The summed E-state index contributed by atoms with van der Waals surface area (Å²) in [6, 6.07) is 0. The van der Waals surface area contributed by atoms with Gasteiger partial charge in [-0.2, -0.15) is 0 Å². The number of hydrogen-bond acceptors (Lipinski definition) is 7. The first kappa shape index (κ1) is 43.6. The number of aliphatic hydroxyl groups excluding tert-OH is 4. The van der Waals surface area contributed by atoms with Crippen LogP contribution in [0.1, 0.15) is 139 Å². The Balaban J connectivity index is 0. The lowest BCUT2D eigenvalue weighted by molar-refractivity contribution is -0.137. The van der Waals surface area contributed by atoms with E-state index in [1.165, 1.54) is 12.8 Å². The summed E-state index contributed by atoms with van der Waals surface area (Å²) in [5.41, 5.74) is 0. The molecule has 0 heterocycles. The van der Waals surface area contributed by atoms with E-state index < -0.39 is 18.2 Å². The molecule has 0 aromatic rings. The first-order chi connectivity index (χ1) is 22.1. The van der Waals surface area contributed by atoms with Crippen molar-refractivity contribution in [1.82, 2.24) is 0 Å². The standard InChI is InChI=1S/C18H33O5P.C18H35O3P.2H2/c1-2-7-13(23-24)10-11-15-14(16(19)12-17(15)20)8-5-3-4-6-9-18(21)22;1-3-5-6-7-8-10-15-16(18(20)13-17(15)19)12-11-14(21-22)9-4-2;;/h3,5,13-17,19-20H,2,4,6-12,24H2,1H3,(H,21,22);7-8,14-20H,3-6,9-13,22H2,1-2H3;2*1H/b5-3-;8-7-;;/t13-,14+,15+,16-,17+;14-,15+,16+,17-,18+;;/m00../s1/i;;2*1+2. The molecule has 0 bridgehead atoms. The van der Waals surface area contributed by atoms with Gasteiger partial charge in [-0.1, -0.05) is 70.8 Å². The Morgan fingerprint density at radius 3 is 1.46 bits per heavy atom. The number of unbranched alkanes of at least 4 members (excludes halogenated alkanes) is 3. The van der Waals surface area contributed by atoms with Crippen molar-refractivity contribution in [2.24, 2.45) is 23.7 Å². The first-order valence-corrected chi connectivity index (χ1v) is 19.0. The van der Waals surface area contributed by atoms with Gasteiger partial charge >= 0.3 is 5.97 Å². The van der Waals surface area contributed by atoms with Crippen LogP contribution in [0.15, 0.2) is 24.3 Å². The van der Waals surface area contributed by atoms with Gasteiger partial charge in [-0.15, -0.1) is 0 Å².